The lowest BCUT2D eigenvalue weighted by Gasteiger charge is -2.21. The molecule has 0 radical (unpaired) electrons. The van der Waals surface area contributed by atoms with E-state index in [-0.39, 0.29) is 15.6 Å². The molecule has 0 aromatic carbocycles. The van der Waals surface area contributed by atoms with E-state index in [0.29, 0.717) is 6.07 Å². The highest BCUT2D eigenvalue weighted by Gasteiger charge is 2.38. The molecule has 1 heterocycles. The Bertz CT molecular complexity index is 630. The number of hydrogen-bond donors (Lipinski definition) is 1. The van der Waals surface area contributed by atoms with Gasteiger partial charge in [-0.25, -0.2) is 8.42 Å². The van der Waals surface area contributed by atoms with Crippen molar-refractivity contribution in [1.82, 2.24) is 4.31 Å². The van der Waals surface area contributed by atoms with Gasteiger partial charge in [0.05, 0.1) is 11.5 Å². The first-order valence-corrected chi connectivity index (χ1v) is 7.74. The maximum Gasteiger partial charge on any atom is 0.402 e. The molecule has 13 heteroatoms. The lowest BCUT2D eigenvalue weighted by molar-refractivity contribution is -0.384. The molecule has 0 aliphatic heterocycles. The van der Waals surface area contributed by atoms with Gasteiger partial charge in [-0.15, -0.1) is 11.3 Å². The average Bonchev–Trinajstić information content (AvgIpc) is 2.69. The number of nitrogens with zero attached hydrogens (tertiary/aromatic N) is 2. The standard InChI is InChI=1S/C8H8ClF3N2O5S2/c9-7-5(14(16)17)3-6(20-7)21(18,19)13(1-2-15)4-8(10,11)12/h3,15H,1-2,4H2. The fourth-order valence-electron chi connectivity index (χ4n) is 1.31. The summed E-state index contributed by atoms with van der Waals surface area (Å²) in [6.45, 7) is -3.46. The van der Waals surface area contributed by atoms with Gasteiger partial charge < -0.3 is 5.11 Å². The van der Waals surface area contributed by atoms with Crippen LogP contribution in [0.4, 0.5) is 18.9 Å². The van der Waals surface area contributed by atoms with Gasteiger partial charge in [0.2, 0.25) is 0 Å². The number of rotatable bonds is 6. The van der Waals surface area contributed by atoms with Crippen LogP contribution >= 0.6 is 22.9 Å². The molecule has 0 saturated carbocycles. The number of thiophene rings is 1. The smallest absolute Gasteiger partial charge is 0.395 e. The fourth-order valence-corrected chi connectivity index (χ4v) is 4.55. The number of aliphatic hydroxyl groups excluding tert-OH is 1. The molecular weight excluding hydrogens is 361 g/mol. The Morgan fingerprint density at radius 2 is 2.05 bits per heavy atom. The lowest BCUT2D eigenvalue weighted by atomic mass is 10.6. The molecule has 1 rings (SSSR count). The third kappa shape index (κ3) is 4.51. The lowest BCUT2D eigenvalue weighted by Crippen LogP contribution is -2.40. The first-order chi connectivity index (χ1) is 9.49. The molecule has 0 atom stereocenters. The summed E-state index contributed by atoms with van der Waals surface area (Å²) in [6, 6.07) is 0.586. The largest absolute Gasteiger partial charge is 0.402 e. The molecule has 0 bridgehead atoms. The SMILES string of the molecule is O=[N+]([O-])c1cc(S(=O)(=O)N(CCO)CC(F)(F)F)sc1Cl. The van der Waals surface area contributed by atoms with Crippen molar-refractivity contribution in [1.29, 1.82) is 0 Å². The Morgan fingerprint density at radius 1 is 1.48 bits per heavy atom. The quantitative estimate of drug-likeness (QED) is 0.610. The summed E-state index contributed by atoms with van der Waals surface area (Å²) in [5, 5.41) is 19.3. The Kier molecular flexibility index (Phi) is 5.55. The van der Waals surface area contributed by atoms with E-state index in [1.807, 2.05) is 0 Å². The molecule has 7 nitrogen and oxygen atoms in total. The van der Waals surface area contributed by atoms with Crippen LogP contribution in [-0.4, -0.2) is 48.6 Å². The van der Waals surface area contributed by atoms with Crippen molar-refractivity contribution in [3.05, 3.63) is 20.5 Å². The summed E-state index contributed by atoms with van der Waals surface area (Å²) in [7, 11) is -4.65. The predicted molar refractivity (Wildman–Crippen MR) is 67.9 cm³/mol. The zero-order valence-electron chi connectivity index (χ0n) is 10.0. The molecule has 0 saturated heterocycles. The van der Waals surface area contributed by atoms with Gasteiger partial charge in [-0.05, 0) is 0 Å². The van der Waals surface area contributed by atoms with Gasteiger partial charge in [0.25, 0.3) is 15.7 Å². The summed E-state index contributed by atoms with van der Waals surface area (Å²) in [6.07, 6.45) is -4.82. The van der Waals surface area contributed by atoms with E-state index in [2.05, 4.69) is 0 Å². The second kappa shape index (κ2) is 6.44. The van der Waals surface area contributed by atoms with E-state index in [4.69, 9.17) is 16.7 Å². The van der Waals surface area contributed by atoms with Crippen molar-refractivity contribution >= 4 is 38.6 Å². The van der Waals surface area contributed by atoms with Crippen molar-refractivity contribution in [2.45, 2.75) is 10.4 Å². The summed E-state index contributed by atoms with van der Waals surface area (Å²) < 4.78 is 60.0. The van der Waals surface area contributed by atoms with E-state index < -0.39 is 55.1 Å². The third-order valence-corrected chi connectivity index (χ3v) is 5.77. The van der Waals surface area contributed by atoms with Crippen molar-refractivity contribution in [3.63, 3.8) is 0 Å². The number of nitro groups is 1. The van der Waals surface area contributed by atoms with Gasteiger partial charge in [-0.2, -0.15) is 17.5 Å². The van der Waals surface area contributed by atoms with E-state index in [9.17, 15) is 31.7 Å². The first kappa shape index (κ1) is 18.1. The van der Waals surface area contributed by atoms with Gasteiger partial charge in [0.15, 0.2) is 4.34 Å². The normalized spacial score (nSPS) is 12.9. The van der Waals surface area contributed by atoms with E-state index in [1.54, 1.807) is 0 Å². The minimum atomic E-state index is -4.82. The molecule has 0 fully saturated rings. The monoisotopic (exact) mass is 368 g/mol. The summed E-state index contributed by atoms with van der Waals surface area (Å²) in [4.78, 5) is 9.64. The maximum absolute atomic E-state index is 12.4. The highest BCUT2D eigenvalue weighted by atomic mass is 35.5. The van der Waals surface area contributed by atoms with E-state index >= 15 is 0 Å². The maximum atomic E-state index is 12.4. The van der Waals surface area contributed by atoms with Gasteiger partial charge >= 0.3 is 6.18 Å². The van der Waals surface area contributed by atoms with Crippen molar-refractivity contribution in [2.75, 3.05) is 19.7 Å². The highest BCUT2D eigenvalue weighted by Crippen LogP contribution is 2.37. The topological polar surface area (TPSA) is 101 Å². The molecule has 1 aromatic rings. The van der Waals surface area contributed by atoms with Crippen LogP contribution < -0.4 is 0 Å². The summed E-state index contributed by atoms with van der Waals surface area (Å²) in [5.41, 5.74) is -0.712. The number of alkyl halides is 3. The van der Waals surface area contributed by atoms with Crippen LogP contribution in [0.5, 0.6) is 0 Å². The average molecular weight is 369 g/mol. The second-order valence-electron chi connectivity index (χ2n) is 3.66. The highest BCUT2D eigenvalue weighted by molar-refractivity contribution is 7.91. The first-order valence-electron chi connectivity index (χ1n) is 5.10. The van der Waals surface area contributed by atoms with E-state index in [1.165, 1.54) is 0 Å². The van der Waals surface area contributed by atoms with Gasteiger partial charge in [0, 0.05) is 12.6 Å². The molecule has 21 heavy (non-hydrogen) atoms. The van der Waals surface area contributed by atoms with Crippen LogP contribution in [-0.2, 0) is 10.0 Å². The zero-order chi connectivity index (χ0) is 16.4. The Morgan fingerprint density at radius 3 is 2.43 bits per heavy atom. The van der Waals surface area contributed by atoms with Crippen LogP contribution in [0.25, 0.3) is 0 Å². The van der Waals surface area contributed by atoms with Crippen molar-refractivity contribution in [3.8, 4) is 0 Å². The van der Waals surface area contributed by atoms with Gasteiger partial charge in [-0.3, -0.25) is 10.1 Å². The van der Waals surface area contributed by atoms with E-state index in [0.717, 1.165) is 0 Å². The van der Waals surface area contributed by atoms with Crippen molar-refractivity contribution in [2.24, 2.45) is 0 Å². The van der Waals surface area contributed by atoms with Gasteiger partial charge in [-0.1, -0.05) is 11.6 Å². The molecule has 1 N–H and O–H groups in total. The van der Waals surface area contributed by atoms with Crippen LogP contribution in [0.3, 0.4) is 0 Å². The van der Waals surface area contributed by atoms with Crippen LogP contribution in [0.15, 0.2) is 10.3 Å². The fraction of sp³-hybridized carbons (Fsp3) is 0.500. The van der Waals surface area contributed by atoms with Crippen molar-refractivity contribution < 1.29 is 31.6 Å². The summed E-state index contributed by atoms with van der Waals surface area (Å²) >= 11 is 5.76. The number of sulfonamides is 1. The Labute approximate surface area is 125 Å². The Balaban J connectivity index is 3.23. The molecule has 120 valence electrons. The molecule has 0 spiro atoms. The molecule has 0 unspecified atom stereocenters. The number of hydrogen-bond acceptors (Lipinski definition) is 6. The predicted octanol–water partition coefficient (Wildman–Crippen LogP) is 1.86. The molecule has 0 aliphatic rings. The zero-order valence-corrected chi connectivity index (χ0v) is 12.4. The third-order valence-electron chi connectivity index (χ3n) is 2.14. The molecule has 1 aromatic heterocycles. The molecular formula is C8H8ClF3N2O5S2. The summed E-state index contributed by atoms with van der Waals surface area (Å²) in [5.74, 6) is 0. The molecule has 0 aliphatic carbocycles. The van der Waals surface area contributed by atoms with Crippen LogP contribution in [0.2, 0.25) is 4.34 Å². The minimum absolute atomic E-state index is 0.0150. The number of halogens is 4. The number of aliphatic hydroxyl groups is 1. The van der Waals surface area contributed by atoms with Gasteiger partial charge in [0.1, 0.15) is 10.8 Å². The molecule has 0 amide bonds. The Hall–Kier alpha value is -0.950. The second-order valence-corrected chi connectivity index (χ2v) is 7.48. The van der Waals surface area contributed by atoms with Crippen LogP contribution in [0.1, 0.15) is 0 Å². The minimum Gasteiger partial charge on any atom is -0.395 e. The van der Waals surface area contributed by atoms with Crippen LogP contribution in [0, 0.1) is 10.1 Å².